The second-order valence-corrected chi connectivity index (χ2v) is 3.51. The van der Waals surface area contributed by atoms with Crippen molar-refractivity contribution in [2.75, 3.05) is 53.3 Å². The Kier molecular flexibility index (Phi) is 12.7. The number of aliphatic hydroxyl groups excluding tert-OH is 1. The number of ether oxygens (including phenoxy) is 3. The first-order chi connectivity index (χ1) is 7.85. The molecule has 5 heteroatoms. The van der Waals surface area contributed by atoms with Gasteiger partial charge in [-0.05, 0) is 13.0 Å². The van der Waals surface area contributed by atoms with E-state index in [1.165, 1.54) is 0 Å². The summed E-state index contributed by atoms with van der Waals surface area (Å²) in [5.41, 5.74) is 0. The molecule has 0 saturated heterocycles. The van der Waals surface area contributed by atoms with Gasteiger partial charge in [0.15, 0.2) is 0 Å². The molecule has 0 amide bonds. The average Bonchev–Trinajstić information content (AvgIpc) is 2.32. The fourth-order valence-corrected chi connectivity index (χ4v) is 1.11. The summed E-state index contributed by atoms with van der Waals surface area (Å²) in [6.45, 7) is 5.93. The van der Waals surface area contributed by atoms with E-state index in [0.717, 1.165) is 13.0 Å². The molecule has 0 aliphatic heterocycles. The summed E-state index contributed by atoms with van der Waals surface area (Å²) in [6, 6.07) is 0.0268. The molecular weight excluding hydrogens is 210 g/mol. The number of methoxy groups -OCH3 is 1. The number of aliphatic hydroxyl groups is 1. The van der Waals surface area contributed by atoms with Crippen molar-refractivity contribution in [3.8, 4) is 0 Å². The minimum atomic E-state index is 0.0268. The lowest BCUT2D eigenvalue weighted by Crippen LogP contribution is -2.37. The molecule has 1 atom stereocenters. The quantitative estimate of drug-likeness (QED) is 0.467. The normalized spacial score (nSPS) is 12.9. The van der Waals surface area contributed by atoms with E-state index < -0.39 is 0 Å². The van der Waals surface area contributed by atoms with Crippen LogP contribution in [0.25, 0.3) is 0 Å². The van der Waals surface area contributed by atoms with Crippen molar-refractivity contribution >= 4 is 0 Å². The molecule has 0 aromatic heterocycles. The zero-order valence-electron chi connectivity index (χ0n) is 10.4. The van der Waals surface area contributed by atoms with Gasteiger partial charge in [-0.3, -0.25) is 0 Å². The van der Waals surface area contributed by atoms with Gasteiger partial charge in [0.05, 0.1) is 45.7 Å². The molecule has 1 unspecified atom stereocenters. The molecule has 0 fully saturated rings. The van der Waals surface area contributed by atoms with Gasteiger partial charge in [-0.2, -0.15) is 0 Å². The van der Waals surface area contributed by atoms with Gasteiger partial charge in [0.2, 0.25) is 0 Å². The fraction of sp³-hybridized carbons (Fsp3) is 1.00. The molecule has 0 radical (unpaired) electrons. The summed E-state index contributed by atoms with van der Waals surface area (Å²) in [5.74, 6) is 0. The molecular formula is C11H25NO4. The van der Waals surface area contributed by atoms with Gasteiger partial charge in [0.25, 0.3) is 0 Å². The lowest BCUT2D eigenvalue weighted by molar-refractivity contribution is 0.0150. The van der Waals surface area contributed by atoms with E-state index in [1.807, 2.05) is 0 Å². The Hall–Kier alpha value is -0.200. The fourth-order valence-electron chi connectivity index (χ4n) is 1.11. The zero-order valence-corrected chi connectivity index (χ0v) is 10.4. The molecule has 0 bridgehead atoms. The highest BCUT2D eigenvalue weighted by Gasteiger charge is 2.05. The maximum atomic E-state index is 9.04. The van der Waals surface area contributed by atoms with Gasteiger partial charge >= 0.3 is 0 Å². The van der Waals surface area contributed by atoms with E-state index in [2.05, 4.69) is 12.2 Å². The summed E-state index contributed by atoms with van der Waals surface area (Å²) in [5, 5.41) is 12.2. The van der Waals surface area contributed by atoms with Gasteiger partial charge in [-0.25, -0.2) is 0 Å². The number of hydrogen-bond acceptors (Lipinski definition) is 5. The predicted molar refractivity (Wildman–Crippen MR) is 62.7 cm³/mol. The predicted octanol–water partition coefficient (Wildman–Crippen LogP) is 0.0265. The minimum absolute atomic E-state index is 0.0268. The molecule has 16 heavy (non-hydrogen) atoms. The summed E-state index contributed by atoms with van der Waals surface area (Å²) in [7, 11) is 1.64. The lowest BCUT2D eigenvalue weighted by Gasteiger charge is -2.15. The highest BCUT2D eigenvalue weighted by atomic mass is 16.5. The Bertz CT molecular complexity index is 135. The Labute approximate surface area is 98.1 Å². The summed E-state index contributed by atoms with van der Waals surface area (Å²) in [4.78, 5) is 0. The third-order valence-corrected chi connectivity index (χ3v) is 2.03. The molecule has 0 aromatic carbocycles. The second-order valence-electron chi connectivity index (χ2n) is 3.51. The minimum Gasteiger partial charge on any atom is -0.395 e. The van der Waals surface area contributed by atoms with E-state index >= 15 is 0 Å². The topological polar surface area (TPSA) is 60.0 Å². The molecule has 5 nitrogen and oxygen atoms in total. The van der Waals surface area contributed by atoms with Gasteiger partial charge in [-0.1, -0.05) is 6.92 Å². The number of hydrogen-bond donors (Lipinski definition) is 2. The highest BCUT2D eigenvalue weighted by Crippen LogP contribution is 1.87. The molecule has 0 aliphatic rings. The van der Waals surface area contributed by atoms with Crippen LogP contribution in [0.2, 0.25) is 0 Å². The van der Waals surface area contributed by atoms with E-state index in [1.54, 1.807) is 7.11 Å². The van der Waals surface area contributed by atoms with Crippen molar-refractivity contribution in [3.63, 3.8) is 0 Å². The van der Waals surface area contributed by atoms with Gasteiger partial charge in [0.1, 0.15) is 0 Å². The second kappa shape index (κ2) is 12.9. The smallest absolute Gasteiger partial charge is 0.0701 e. The largest absolute Gasteiger partial charge is 0.395 e. The summed E-state index contributed by atoms with van der Waals surface area (Å²) in [6.07, 6.45) is 1.05. The summed E-state index contributed by atoms with van der Waals surface area (Å²) < 4.78 is 15.5. The number of rotatable bonds is 12. The van der Waals surface area contributed by atoms with Crippen molar-refractivity contribution in [2.24, 2.45) is 0 Å². The molecule has 0 saturated carbocycles. The van der Waals surface area contributed by atoms with Crippen molar-refractivity contribution in [1.29, 1.82) is 0 Å². The van der Waals surface area contributed by atoms with Crippen LogP contribution >= 0.6 is 0 Å². The number of nitrogens with one attached hydrogen (secondary N) is 1. The van der Waals surface area contributed by atoms with Crippen molar-refractivity contribution in [2.45, 2.75) is 19.4 Å². The highest BCUT2D eigenvalue weighted by molar-refractivity contribution is 4.63. The van der Waals surface area contributed by atoms with Crippen LogP contribution in [-0.2, 0) is 14.2 Å². The maximum Gasteiger partial charge on any atom is 0.0701 e. The molecule has 0 heterocycles. The SMILES string of the molecule is CCCNC(CO)COCCOCCOC. The first kappa shape index (κ1) is 15.8. The molecule has 0 spiro atoms. The third kappa shape index (κ3) is 10.3. The first-order valence-electron chi connectivity index (χ1n) is 5.83. The van der Waals surface area contributed by atoms with E-state index in [4.69, 9.17) is 19.3 Å². The Morgan fingerprint density at radius 2 is 1.81 bits per heavy atom. The average molecular weight is 235 g/mol. The van der Waals surface area contributed by atoms with Crippen LogP contribution < -0.4 is 5.32 Å². The van der Waals surface area contributed by atoms with E-state index in [9.17, 15) is 0 Å². The van der Waals surface area contributed by atoms with Gasteiger partial charge < -0.3 is 24.6 Å². The Balaban J connectivity index is 3.20. The maximum absolute atomic E-state index is 9.04. The van der Waals surface area contributed by atoms with Gasteiger partial charge in [-0.15, -0.1) is 0 Å². The van der Waals surface area contributed by atoms with Crippen LogP contribution in [0.3, 0.4) is 0 Å². The monoisotopic (exact) mass is 235 g/mol. The van der Waals surface area contributed by atoms with Crippen molar-refractivity contribution in [1.82, 2.24) is 5.32 Å². The molecule has 98 valence electrons. The Morgan fingerprint density at radius 1 is 1.12 bits per heavy atom. The molecule has 2 N–H and O–H groups in total. The van der Waals surface area contributed by atoms with E-state index in [0.29, 0.717) is 33.0 Å². The van der Waals surface area contributed by atoms with Crippen LogP contribution in [0.1, 0.15) is 13.3 Å². The van der Waals surface area contributed by atoms with Crippen molar-refractivity contribution < 1.29 is 19.3 Å². The molecule has 0 aromatic rings. The van der Waals surface area contributed by atoms with E-state index in [-0.39, 0.29) is 12.6 Å². The summed E-state index contributed by atoms with van der Waals surface area (Å²) >= 11 is 0. The van der Waals surface area contributed by atoms with Crippen LogP contribution in [0.5, 0.6) is 0 Å². The van der Waals surface area contributed by atoms with Gasteiger partial charge in [0, 0.05) is 7.11 Å². The molecule has 0 rings (SSSR count). The van der Waals surface area contributed by atoms with Crippen LogP contribution in [-0.4, -0.2) is 64.4 Å². The van der Waals surface area contributed by atoms with Crippen LogP contribution in [0, 0.1) is 0 Å². The third-order valence-electron chi connectivity index (χ3n) is 2.03. The zero-order chi connectivity index (χ0) is 12.1. The standard InChI is InChI=1S/C11H25NO4/c1-3-4-12-11(9-13)10-16-8-7-15-6-5-14-2/h11-13H,3-10H2,1-2H3. The molecule has 0 aliphatic carbocycles. The lowest BCUT2D eigenvalue weighted by atomic mass is 10.3. The van der Waals surface area contributed by atoms with Crippen LogP contribution in [0.15, 0.2) is 0 Å². The Morgan fingerprint density at radius 3 is 2.44 bits per heavy atom. The van der Waals surface area contributed by atoms with Crippen LogP contribution in [0.4, 0.5) is 0 Å². The van der Waals surface area contributed by atoms with Crippen molar-refractivity contribution in [3.05, 3.63) is 0 Å². The first-order valence-corrected chi connectivity index (χ1v) is 5.83.